The molecule has 2 rings (SSSR count). The first-order chi connectivity index (χ1) is 9.18. The van der Waals surface area contributed by atoms with E-state index in [0.29, 0.717) is 12.1 Å². The third-order valence-electron chi connectivity index (χ3n) is 3.01. The lowest BCUT2D eigenvalue weighted by Crippen LogP contribution is -2.26. The fourth-order valence-electron chi connectivity index (χ4n) is 2.02. The highest BCUT2D eigenvalue weighted by molar-refractivity contribution is 6.06. The molecule has 4 nitrogen and oxygen atoms in total. The molecular weight excluding hydrogens is 238 g/mol. The van der Waals surface area contributed by atoms with Crippen molar-refractivity contribution >= 4 is 16.8 Å². The molecule has 1 aromatic heterocycles. The number of carbonyl (C=O) groups is 1. The third kappa shape index (κ3) is 3.51. The number of hydrogen-bond donors (Lipinski definition) is 2. The summed E-state index contributed by atoms with van der Waals surface area (Å²) in [6.07, 6.45) is 3.54. The Balaban J connectivity index is 2.05. The van der Waals surface area contributed by atoms with Crippen LogP contribution in [-0.2, 0) is 0 Å². The van der Waals surface area contributed by atoms with Crippen LogP contribution in [0.25, 0.3) is 10.9 Å². The lowest BCUT2D eigenvalue weighted by atomic mass is 10.1. The molecule has 1 aromatic carbocycles. The molecule has 3 N–H and O–H groups in total. The predicted molar refractivity (Wildman–Crippen MR) is 77.0 cm³/mol. The smallest absolute Gasteiger partial charge is 0.251 e. The second-order valence-corrected chi connectivity index (χ2v) is 4.75. The Kier molecular flexibility index (Phi) is 4.47. The van der Waals surface area contributed by atoms with Crippen molar-refractivity contribution in [3.63, 3.8) is 0 Å². The molecule has 0 fully saturated rings. The second-order valence-electron chi connectivity index (χ2n) is 4.75. The fraction of sp³-hybridized carbons (Fsp3) is 0.333. The van der Waals surface area contributed by atoms with Gasteiger partial charge in [-0.05, 0) is 38.0 Å². The highest BCUT2D eigenvalue weighted by Gasteiger charge is 2.09. The highest BCUT2D eigenvalue weighted by Crippen LogP contribution is 2.16. The average Bonchev–Trinajstić information content (AvgIpc) is 2.42. The number of pyridine rings is 1. The van der Waals surface area contributed by atoms with E-state index in [-0.39, 0.29) is 11.9 Å². The monoisotopic (exact) mass is 257 g/mol. The van der Waals surface area contributed by atoms with Crippen LogP contribution in [0.15, 0.2) is 36.5 Å². The standard InChI is InChI=1S/C15H19N3O/c1-11(16)5-3-10-18-15(19)13-6-2-8-14-12(13)7-4-9-17-14/h2,4,6-9,11H,3,5,10,16H2,1H3,(H,18,19). The molecule has 19 heavy (non-hydrogen) atoms. The number of amides is 1. The van der Waals surface area contributed by atoms with Gasteiger partial charge in [0.25, 0.3) is 5.91 Å². The minimum Gasteiger partial charge on any atom is -0.352 e. The zero-order chi connectivity index (χ0) is 13.7. The van der Waals surface area contributed by atoms with Gasteiger partial charge < -0.3 is 11.1 Å². The van der Waals surface area contributed by atoms with Crippen molar-refractivity contribution in [3.05, 3.63) is 42.1 Å². The SMILES string of the molecule is CC(N)CCCNC(=O)c1cccc2ncccc12. The summed E-state index contributed by atoms with van der Waals surface area (Å²) in [6, 6.07) is 9.52. The first-order valence-corrected chi connectivity index (χ1v) is 6.56. The van der Waals surface area contributed by atoms with Crippen LogP contribution in [0.1, 0.15) is 30.1 Å². The number of benzene rings is 1. The molecule has 0 saturated heterocycles. The van der Waals surface area contributed by atoms with Crippen molar-refractivity contribution in [2.45, 2.75) is 25.8 Å². The highest BCUT2D eigenvalue weighted by atomic mass is 16.1. The predicted octanol–water partition coefficient (Wildman–Crippen LogP) is 2.09. The lowest BCUT2D eigenvalue weighted by Gasteiger charge is -2.08. The summed E-state index contributed by atoms with van der Waals surface area (Å²) in [5.41, 5.74) is 7.19. The van der Waals surface area contributed by atoms with Gasteiger partial charge in [0.05, 0.1) is 5.52 Å². The number of hydrogen-bond acceptors (Lipinski definition) is 3. The molecule has 0 spiro atoms. The maximum atomic E-state index is 12.1. The van der Waals surface area contributed by atoms with Crippen molar-refractivity contribution < 1.29 is 4.79 Å². The van der Waals surface area contributed by atoms with E-state index in [1.807, 2.05) is 37.3 Å². The van der Waals surface area contributed by atoms with E-state index in [4.69, 9.17) is 5.73 Å². The van der Waals surface area contributed by atoms with Crippen LogP contribution in [0.4, 0.5) is 0 Å². The van der Waals surface area contributed by atoms with E-state index in [2.05, 4.69) is 10.3 Å². The third-order valence-corrected chi connectivity index (χ3v) is 3.01. The quantitative estimate of drug-likeness (QED) is 0.806. The Morgan fingerprint density at radius 3 is 3.00 bits per heavy atom. The summed E-state index contributed by atoms with van der Waals surface area (Å²) < 4.78 is 0. The van der Waals surface area contributed by atoms with Crippen LogP contribution in [0.3, 0.4) is 0 Å². The Bertz CT molecular complexity index is 561. The summed E-state index contributed by atoms with van der Waals surface area (Å²) in [5, 5.41) is 3.81. The van der Waals surface area contributed by atoms with Gasteiger partial charge in [-0.25, -0.2) is 0 Å². The Labute approximate surface area is 113 Å². The van der Waals surface area contributed by atoms with Crippen LogP contribution in [0.2, 0.25) is 0 Å². The Morgan fingerprint density at radius 1 is 1.37 bits per heavy atom. The van der Waals surface area contributed by atoms with Crippen LogP contribution in [0.5, 0.6) is 0 Å². The van der Waals surface area contributed by atoms with Gasteiger partial charge in [-0.3, -0.25) is 9.78 Å². The van der Waals surface area contributed by atoms with Gasteiger partial charge in [-0.15, -0.1) is 0 Å². The molecule has 0 bridgehead atoms. The molecule has 0 aliphatic heterocycles. The first-order valence-electron chi connectivity index (χ1n) is 6.56. The van der Waals surface area contributed by atoms with Gasteiger partial charge in [0.15, 0.2) is 0 Å². The zero-order valence-corrected chi connectivity index (χ0v) is 11.1. The molecule has 2 aromatic rings. The molecule has 1 amide bonds. The number of rotatable bonds is 5. The number of carbonyl (C=O) groups excluding carboxylic acids is 1. The van der Waals surface area contributed by atoms with E-state index in [9.17, 15) is 4.79 Å². The van der Waals surface area contributed by atoms with Gasteiger partial charge >= 0.3 is 0 Å². The molecule has 1 unspecified atom stereocenters. The van der Waals surface area contributed by atoms with Crippen LogP contribution < -0.4 is 11.1 Å². The summed E-state index contributed by atoms with van der Waals surface area (Å²) in [6.45, 7) is 2.62. The van der Waals surface area contributed by atoms with Crippen LogP contribution in [0, 0.1) is 0 Å². The number of nitrogens with zero attached hydrogens (tertiary/aromatic N) is 1. The van der Waals surface area contributed by atoms with Gasteiger partial charge in [-0.1, -0.05) is 12.1 Å². The van der Waals surface area contributed by atoms with Crippen molar-refractivity contribution in [1.29, 1.82) is 0 Å². The molecule has 0 aliphatic rings. The summed E-state index contributed by atoms with van der Waals surface area (Å²) in [5.74, 6) is -0.0525. The maximum absolute atomic E-state index is 12.1. The molecule has 4 heteroatoms. The number of fused-ring (bicyclic) bond motifs is 1. The zero-order valence-electron chi connectivity index (χ0n) is 11.1. The Hall–Kier alpha value is -1.94. The van der Waals surface area contributed by atoms with Crippen molar-refractivity contribution in [1.82, 2.24) is 10.3 Å². The fourth-order valence-corrected chi connectivity index (χ4v) is 2.02. The molecule has 0 saturated carbocycles. The van der Waals surface area contributed by atoms with Gasteiger partial charge in [0.2, 0.25) is 0 Å². The molecule has 0 aliphatic carbocycles. The molecular formula is C15H19N3O. The van der Waals surface area contributed by atoms with Crippen LogP contribution >= 0.6 is 0 Å². The van der Waals surface area contributed by atoms with E-state index >= 15 is 0 Å². The number of nitrogens with two attached hydrogens (primary N) is 1. The van der Waals surface area contributed by atoms with Crippen molar-refractivity contribution in [2.75, 3.05) is 6.54 Å². The van der Waals surface area contributed by atoms with Crippen LogP contribution in [-0.4, -0.2) is 23.5 Å². The van der Waals surface area contributed by atoms with E-state index in [1.54, 1.807) is 6.20 Å². The largest absolute Gasteiger partial charge is 0.352 e. The summed E-state index contributed by atoms with van der Waals surface area (Å²) in [7, 11) is 0. The van der Waals surface area contributed by atoms with E-state index in [0.717, 1.165) is 23.7 Å². The number of aromatic nitrogens is 1. The van der Waals surface area contributed by atoms with Crippen molar-refractivity contribution in [2.24, 2.45) is 5.73 Å². The molecule has 1 heterocycles. The first kappa shape index (κ1) is 13.5. The van der Waals surface area contributed by atoms with Gasteiger partial charge in [-0.2, -0.15) is 0 Å². The average molecular weight is 257 g/mol. The molecule has 1 atom stereocenters. The second kappa shape index (κ2) is 6.29. The summed E-state index contributed by atoms with van der Waals surface area (Å²) >= 11 is 0. The van der Waals surface area contributed by atoms with Crippen molar-refractivity contribution in [3.8, 4) is 0 Å². The van der Waals surface area contributed by atoms with E-state index in [1.165, 1.54) is 0 Å². The number of nitrogens with one attached hydrogen (secondary N) is 1. The normalized spacial score (nSPS) is 12.3. The van der Waals surface area contributed by atoms with Gasteiger partial charge in [0, 0.05) is 29.7 Å². The summed E-state index contributed by atoms with van der Waals surface area (Å²) in [4.78, 5) is 16.4. The maximum Gasteiger partial charge on any atom is 0.251 e. The topological polar surface area (TPSA) is 68.0 Å². The van der Waals surface area contributed by atoms with Gasteiger partial charge in [0.1, 0.15) is 0 Å². The molecule has 100 valence electrons. The molecule has 0 radical (unpaired) electrons. The van der Waals surface area contributed by atoms with E-state index < -0.39 is 0 Å². The minimum absolute atomic E-state index is 0.0525. The Morgan fingerprint density at radius 2 is 2.21 bits per heavy atom. The minimum atomic E-state index is -0.0525. The lowest BCUT2D eigenvalue weighted by molar-refractivity contribution is 0.0954.